The molecule has 1 aromatic heterocycles. The first-order valence-electron chi connectivity index (χ1n) is 5.16. The molecule has 2 rings (SSSR count). The Bertz CT molecular complexity index is 677. The van der Waals surface area contributed by atoms with Crippen molar-refractivity contribution in [1.29, 1.82) is 0 Å². The molecular formula is C13H9F2NO2. The Kier molecular flexibility index (Phi) is 3.06. The third-order valence-corrected chi connectivity index (χ3v) is 2.54. The van der Waals surface area contributed by atoms with Gasteiger partial charge in [-0.25, -0.2) is 8.78 Å². The van der Waals surface area contributed by atoms with Gasteiger partial charge in [0.25, 0.3) is 5.56 Å². The molecule has 0 saturated heterocycles. The number of pyridine rings is 1. The van der Waals surface area contributed by atoms with Crippen molar-refractivity contribution in [2.75, 3.05) is 0 Å². The fourth-order valence-electron chi connectivity index (χ4n) is 1.59. The number of halogens is 2. The van der Waals surface area contributed by atoms with Crippen LogP contribution in [0.25, 0.3) is 0 Å². The van der Waals surface area contributed by atoms with Gasteiger partial charge in [-0.15, -0.1) is 0 Å². The van der Waals surface area contributed by atoms with E-state index in [0.717, 1.165) is 18.2 Å². The topological polar surface area (TPSA) is 39.1 Å². The molecule has 0 amide bonds. The normalized spacial score (nSPS) is 10.4. The second-order valence-corrected chi connectivity index (χ2v) is 3.79. The van der Waals surface area contributed by atoms with Crippen LogP contribution in [-0.2, 0) is 7.05 Å². The number of hydrogen-bond acceptors (Lipinski definition) is 2. The maximum atomic E-state index is 13.4. The number of rotatable bonds is 2. The summed E-state index contributed by atoms with van der Waals surface area (Å²) in [6.45, 7) is 0. The van der Waals surface area contributed by atoms with Crippen LogP contribution in [0.2, 0.25) is 0 Å². The Morgan fingerprint density at radius 2 is 1.89 bits per heavy atom. The van der Waals surface area contributed by atoms with Crippen molar-refractivity contribution in [2.24, 2.45) is 7.05 Å². The van der Waals surface area contributed by atoms with Gasteiger partial charge in [0.1, 0.15) is 11.6 Å². The SMILES string of the molecule is Cn1cccc(C(=O)c2cc(F)ccc2F)c1=O. The maximum Gasteiger partial charge on any atom is 0.261 e. The second-order valence-electron chi connectivity index (χ2n) is 3.79. The van der Waals surface area contributed by atoms with Crippen molar-refractivity contribution >= 4 is 5.78 Å². The lowest BCUT2D eigenvalue weighted by Crippen LogP contribution is -2.24. The zero-order valence-corrected chi connectivity index (χ0v) is 9.48. The highest BCUT2D eigenvalue weighted by Gasteiger charge is 2.18. The summed E-state index contributed by atoms with van der Waals surface area (Å²) in [5, 5.41) is 0. The molecule has 0 atom stereocenters. The first-order chi connectivity index (χ1) is 8.50. The van der Waals surface area contributed by atoms with Gasteiger partial charge in [0, 0.05) is 13.2 Å². The minimum absolute atomic E-state index is 0.190. The molecule has 0 N–H and O–H groups in total. The van der Waals surface area contributed by atoms with Crippen LogP contribution in [0.1, 0.15) is 15.9 Å². The van der Waals surface area contributed by atoms with Crippen LogP contribution >= 0.6 is 0 Å². The molecule has 92 valence electrons. The van der Waals surface area contributed by atoms with E-state index < -0.39 is 28.5 Å². The first kappa shape index (κ1) is 12.2. The highest BCUT2D eigenvalue weighted by Crippen LogP contribution is 2.13. The van der Waals surface area contributed by atoms with Crippen molar-refractivity contribution < 1.29 is 13.6 Å². The molecule has 0 aliphatic rings. The number of aryl methyl sites for hydroxylation is 1. The van der Waals surface area contributed by atoms with Gasteiger partial charge in [-0.2, -0.15) is 0 Å². The summed E-state index contributed by atoms with van der Waals surface area (Å²) < 4.78 is 27.6. The molecule has 2 aromatic rings. The largest absolute Gasteiger partial charge is 0.318 e. The summed E-state index contributed by atoms with van der Waals surface area (Å²) in [5.41, 5.74) is -1.19. The summed E-state index contributed by atoms with van der Waals surface area (Å²) >= 11 is 0. The van der Waals surface area contributed by atoms with Crippen molar-refractivity contribution in [3.8, 4) is 0 Å². The van der Waals surface area contributed by atoms with Crippen LogP contribution in [0.5, 0.6) is 0 Å². The fraction of sp³-hybridized carbons (Fsp3) is 0.0769. The Morgan fingerprint density at radius 1 is 1.17 bits per heavy atom. The van der Waals surface area contributed by atoms with Crippen LogP contribution in [-0.4, -0.2) is 10.4 Å². The Morgan fingerprint density at radius 3 is 2.61 bits per heavy atom. The summed E-state index contributed by atoms with van der Waals surface area (Å²) in [6, 6.07) is 5.33. The van der Waals surface area contributed by atoms with Crippen molar-refractivity contribution in [1.82, 2.24) is 4.57 Å². The summed E-state index contributed by atoms with van der Waals surface area (Å²) in [5.74, 6) is -2.41. The molecule has 1 aromatic carbocycles. The third-order valence-electron chi connectivity index (χ3n) is 2.54. The first-order valence-corrected chi connectivity index (χ1v) is 5.16. The molecule has 0 aliphatic carbocycles. The molecule has 0 unspecified atom stereocenters. The minimum atomic E-state index is -0.854. The summed E-state index contributed by atoms with van der Waals surface area (Å²) in [6.07, 6.45) is 1.47. The number of benzene rings is 1. The van der Waals surface area contributed by atoms with Gasteiger partial charge >= 0.3 is 0 Å². The zero-order valence-electron chi connectivity index (χ0n) is 9.48. The van der Waals surface area contributed by atoms with Crippen molar-refractivity contribution in [3.05, 3.63) is 69.6 Å². The summed E-state index contributed by atoms with van der Waals surface area (Å²) in [4.78, 5) is 23.7. The van der Waals surface area contributed by atoms with Crippen LogP contribution in [0.15, 0.2) is 41.3 Å². The molecule has 1 heterocycles. The van der Waals surface area contributed by atoms with Crippen molar-refractivity contribution in [2.45, 2.75) is 0 Å². The molecule has 0 bridgehead atoms. The van der Waals surface area contributed by atoms with E-state index >= 15 is 0 Å². The maximum absolute atomic E-state index is 13.4. The molecule has 5 heteroatoms. The van der Waals surface area contributed by atoms with Gasteiger partial charge in [0.15, 0.2) is 0 Å². The van der Waals surface area contributed by atoms with Gasteiger partial charge in [-0.3, -0.25) is 9.59 Å². The average molecular weight is 249 g/mol. The third kappa shape index (κ3) is 2.07. The Hall–Kier alpha value is -2.30. The monoisotopic (exact) mass is 249 g/mol. The van der Waals surface area contributed by atoms with Crippen LogP contribution in [0, 0.1) is 11.6 Å². The standard InChI is InChI=1S/C13H9F2NO2/c1-16-6-2-3-9(13(16)18)12(17)10-7-8(14)4-5-11(10)15/h2-7H,1H3. The van der Waals surface area contributed by atoms with Crippen LogP contribution in [0.3, 0.4) is 0 Å². The van der Waals surface area contributed by atoms with E-state index in [9.17, 15) is 18.4 Å². The van der Waals surface area contributed by atoms with Gasteiger partial charge in [0.2, 0.25) is 5.78 Å². The van der Waals surface area contributed by atoms with Crippen LogP contribution in [0.4, 0.5) is 8.78 Å². The van der Waals surface area contributed by atoms with Gasteiger partial charge in [0.05, 0.1) is 11.1 Å². The molecule has 0 fully saturated rings. The number of hydrogen-bond donors (Lipinski definition) is 0. The molecular weight excluding hydrogens is 240 g/mol. The summed E-state index contributed by atoms with van der Waals surface area (Å²) in [7, 11) is 1.47. The fourth-order valence-corrected chi connectivity index (χ4v) is 1.59. The Balaban J connectivity index is 2.58. The zero-order chi connectivity index (χ0) is 13.3. The number of ketones is 1. The highest BCUT2D eigenvalue weighted by molar-refractivity contribution is 6.08. The van der Waals surface area contributed by atoms with Gasteiger partial charge in [-0.1, -0.05) is 0 Å². The number of nitrogens with zero attached hydrogens (tertiary/aromatic N) is 1. The molecule has 0 saturated carbocycles. The van der Waals surface area contributed by atoms with E-state index in [1.54, 1.807) is 0 Å². The number of carbonyl (C=O) groups is 1. The smallest absolute Gasteiger partial charge is 0.261 e. The van der Waals surface area contributed by atoms with E-state index in [2.05, 4.69) is 0 Å². The lowest BCUT2D eigenvalue weighted by atomic mass is 10.0. The second kappa shape index (κ2) is 4.52. The highest BCUT2D eigenvalue weighted by atomic mass is 19.1. The number of carbonyl (C=O) groups excluding carboxylic acids is 1. The lowest BCUT2D eigenvalue weighted by molar-refractivity contribution is 0.103. The van der Waals surface area contributed by atoms with E-state index in [4.69, 9.17) is 0 Å². The van der Waals surface area contributed by atoms with E-state index in [1.807, 2.05) is 0 Å². The molecule has 0 aliphatic heterocycles. The molecule has 18 heavy (non-hydrogen) atoms. The minimum Gasteiger partial charge on any atom is -0.318 e. The average Bonchev–Trinajstić information content (AvgIpc) is 2.35. The van der Waals surface area contributed by atoms with Gasteiger partial charge in [-0.05, 0) is 30.3 Å². The lowest BCUT2D eigenvalue weighted by Gasteiger charge is -2.04. The van der Waals surface area contributed by atoms with E-state index in [1.165, 1.54) is 29.9 Å². The predicted octanol–water partition coefficient (Wildman–Crippen LogP) is 1.89. The van der Waals surface area contributed by atoms with E-state index in [-0.39, 0.29) is 5.56 Å². The van der Waals surface area contributed by atoms with Crippen LogP contribution < -0.4 is 5.56 Å². The molecule has 3 nitrogen and oxygen atoms in total. The molecule has 0 radical (unpaired) electrons. The van der Waals surface area contributed by atoms with Gasteiger partial charge < -0.3 is 4.57 Å². The Labute approximate surface area is 101 Å². The number of aromatic nitrogens is 1. The van der Waals surface area contributed by atoms with Crippen molar-refractivity contribution in [3.63, 3.8) is 0 Å². The van der Waals surface area contributed by atoms with E-state index in [0.29, 0.717) is 0 Å². The molecule has 0 spiro atoms. The quantitative estimate of drug-likeness (QED) is 0.762. The predicted molar refractivity (Wildman–Crippen MR) is 61.5 cm³/mol.